The van der Waals surface area contributed by atoms with Crippen molar-refractivity contribution >= 4 is 17.4 Å². The molecule has 0 aliphatic carbocycles. The summed E-state index contributed by atoms with van der Waals surface area (Å²) in [5, 5.41) is 8.93. The van der Waals surface area contributed by atoms with Crippen LogP contribution in [0.5, 0.6) is 0 Å². The fourth-order valence-electron chi connectivity index (χ4n) is 2.39. The first-order valence-electron chi connectivity index (χ1n) is 6.31. The van der Waals surface area contributed by atoms with Crippen LogP contribution in [0.2, 0.25) is 0 Å². The third kappa shape index (κ3) is 2.35. The second-order valence-electron chi connectivity index (χ2n) is 5.84. The molecule has 1 heterocycles. The number of hydrogen-bond donors (Lipinski definition) is 0. The Bertz CT molecular complexity index is 482. The summed E-state index contributed by atoms with van der Waals surface area (Å²) in [6, 6.07) is 9.18. The van der Waals surface area contributed by atoms with E-state index in [0.29, 0.717) is 12.5 Å². The topological polar surface area (TPSA) is 27.0 Å². The number of rotatable bonds is 1. The molecule has 1 atom stereocenters. The van der Waals surface area contributed by atoms with Gasteiger partial charge in [0.2, 0.25) is 0 Å². The Labute approximate surface area is 114 Å². The quantitative estimate of drug-likeness (QED) is 0.768. The summed E-state index contributed by atoms with van der Waals surface area (Å²) < 4.78 is 0. The van der Waals surface area contributed by atoms with Crippen LogP contribution in [0, 0.1) is 11.3 Å². The monoisotopic (exact) mass is 260 g/mol. The molecule has 1 aliphatic rings. The summed E-state index contributed by atoms with van der Waals surface area (Å²) in [5.41, 5.74) is 2.83. The molecule has 0 bridgehead atoms. The van der Waals surface area contributed by atoms with Gasteiger partial charge in [0, 0.05) is 17.7 Å². The van der Waals surface area contributed by atoms with E-state index >= 15 is 0 Å². The zero-order valence-corrected chi connectivity index (χ0v) is 12.3. The maximum atomic E-state index is 8.93. The Morgan fingerprint density at radius 3 is 2.78 bits per heavy atom. The molecule has 0 saturated carbocycles. The molecule has 1 aliphatic heterocycles. The van der Waals surface area contributed by atoms with Gasteiger partial charge >= 0.3 is 0 Å². The van der Waals surface area contributed by atoms with Gasteiger partial charge in [-0.25, -0.2) is 0 Å². The van der Waals surface area contributed by atoms with Crippen molar-refractivity contribution in [2.24, 2.45) is 0 Å². The van der Waals surface area contributed by atoms with Gasteiger partial charge in [0.05, 0.1) is 24.2 Å². The number of nitriles is 1. The van der Waals surface area contributed by atoms with Gasteiger partial charge in [-0.05, 0) is 17.0 Å². The molecule has 0 aromatic heterocycles. The third-order valence-corrected chi connectivity index (χ3v) is 4.66. The average molecular weight is 260 g/mol. The van der Waals surface area contributed by atoms with Crippen molar-refractivity contribution in [1.82, 2.24) is 0 Å². The van der Waals surface area contributed by atoms with E-state index in [-0.39, 0.29) is 5.41 Å². The zero-order chi connectivity index (χ0) is 13.3. The second-order valence-corrected chi connectivity index (χ2v) is 6.90. The molecule has 0 N–H and O–H groups in total. The first kappa shape index (κ1) is 13.3. The van der Waals surface area contributed by atoms with E-state index in [1.165, 1.54) is 16.1 Å². The van der Waals surface area contributed by atoms with Gasteiger partial charge in [0.25, 0.3) is 0 Å². The van der Waals surface area contributed by atoms with Gasteiger partial charge in [0.1, 0.15) is 0 Å². The van der Waals surface area contributed by atoms with Gasteiger partial charge in [-0.1, -0.05) is 32.9 Å². The van der Waals surface area contributed by atoms with Crippen LogP contribution >= 0.6 is 11.8 Å². The van der Waals surface area contributed by atoms with Crippen LogP contribution in [0.1, 0.15) is 32.8 Å². The summed E-state index contributed by atoms with van der Waals surface area (Å²) in [6.07, 6.45) is 0.599. The van der Waals surface area contributed by atoms with E-state index in [0.717, 1.165) is 5.75 Å². The van der Waals surface area contributed by atoms with E-state index < -0.39 is 0 Å². The minimum Gasteiger partial charge on any atom is -0.369 e. The fraction of sp³-hybridized carbons (Fsp3) is 0.533. The molecule has 1 aromatic rings. The lowest BCUT2D eigenvalue weighted by Gasteiger charge is -2.38. The Balaban J connectivity index is 2.48. The number of benzene rings is 1. The van der Waals surface area contributed by atoms with Crippen molar-refractivity contribution in [2.75, 3.05) is 17.7 Å². The van der Waals surface area contributed by atoms with Crippen LogP contribution in [0.3, 0.4) is 0 Å². The number of fused-ring (bicyclic) bond motifs is 1. The van der Waals surface area contributed by atoms with E-state index in [4.69, 9.17) is 5.26 Å². The number of hydrogen-bond acceptors (Lipinski definition) is 3. The Morgan fingerprint density at radius 1 is 1.44 bits per heavy atom. The van der Waals surface area contributed by atoms with E-state index in [1.807, 2.05) is 11.8 Å². The van der Waals surface area contributed by atoms with Gasteiger partial charge in [-0.15, -0.1) is 11.8 Å². The summed E-state index contributed by atoms with van der Waals surface area (Å²) in [6.45, 7) is 6.74. The molecule has 2 rings (SSSR count). The number of nitrogens with zero attached hydrogens (tertiary/aromatic N) is 2. The third-order valence-electron chi connectivity index (χ3n) is 3.47. The molecule has 0 amide bonds. The number of thioether (sulfide) groups is 1. The van der Waals surface area contributed by atoms with Crippen LogP contribution in [-0.4, -0.2) is 18.8 Å². The predicted molar refractivity (Wildman–Crippen MR) is 78.3 cm³/mol. The summed E-state index contributed by atoms with van der Waals surface area (Å²) in [5.74, 6) is 1.00. The SMILES string of the molecule is CN1c2c(cccc2C(C)(C)C)SCC1CC#N. The minimum absolute atomic E-state index is 0.134. The maximum Gasteiger partial charge on any atom is 0.0643 e. The largest absolute Gasteiger partial charge is 0.369 e. The van der Waals surface area contributed by atoms with Crippen molar-refractivity contribution in [3.63, 3.8) is 0 Å². The molecular formula is C15H20N2S. The highest BCUT2D eigenvalue weighted by atomic mass is 32.2. The van der Waals surface area contributed by atoms with E-state index in [9.17, 15) is 0 Å². The molecule has 1 aromatic carbocycles. The highest BCUT2D eigenvalue weighted by Gasteiger charge is 2.29. The molecule has 1 unspecified atom stereocenters. The molecule has 0 radical (unpaired) electrons. The van der Waals surface area contributed by atoms with Crippen LogP contribution in [0.4, 0.5) is 5.69 Å². The van der Waals surface area contributed by atoms with Gasteiger partial charge in [-0.3, -0.25) is 0 Å². The molecule has 2 nitrogen and oxygen atoms in total. The Morgan fingerprint density at radius 2 is 2.17 bits per heavy atom. The molecule has 0 saturated heterocycles. The van der Waals surface area contributed by atoms with Crippen LogP contribution in [0.25, 0.3) is 0 Å². The summed E-state index contributed by atoms with van der Waals surface area (Å²) in [4.78, 5) is 3.65. The Hall–Kier alpha value is -1.14. The van der Waals surface area contributed by atoms with E-state index in [2.05, 4.69) is 57.0 Å². The smallest absolute Gasteiger partial charge is 0.0643 e. The van der Waals surface area contributed by atoms with Crippen molar-refractivity contribution in [2.45, 2.75) is 43.5 Å². The summed E-state index contributed by atoms with van der Waals surface area (Å²) in [7, 11) is 2.12. The van der Waals surface area contributed by atoms with Crippen LogP contribution in [-0.2, 0) is 5.41 Å². The average Bonchev–Trinajstić information content (AvgIpc) is 2.31. The van der Waals surface area contributed by atoms with Crippen LogP contribution in [0.15, 0.2) is 23.1 Å². The molecule has 0 spiro atoms. The van der Waals surface area contributed by atoms with Crippen LogP contribution < -0.4 is 4.90 Å². The van der Waals surface area contributed by atoms with Crippen molar-refractivity contribution in [3.8, 4) is 6.07 Å². The lowest BCUT2D eigenvalue weighted by atomic mass is 9.85. The first-order valence-corrected chi connectivity index (χ1v) is 7.30. The normalized spacial score (nSPS) is 19.3. The van der Waals surface area contributed by atoms with Gasteiger partial charge in [-0.2, -0.15) is 5.26 Å². The van der Waals surface area contributed by atoms with Gasteiger partial charge < -0.3 is 4.90 Å². The number of para-hydroxylation sites is 1. The minimum atomic E-state index is 0.134. The van der Waals surface area contributed by atoms with E-state index in [1.54, 1.807) is 0 Å². The predicted octanol–water partition coefficient (Wildman–Crippen LogP) is 3.81. The molecule has 3 heteroatoms. The maximum absolute atomic E-state index is 8.93. The number of anilines is 1. The fourth-order valence-corrected chi connectivity index (χ4v) is 3.67. The first-order chi connectivity index (χ1) is 8.45. The molecule has 0 fully saturated rings. The standard InChI is InChI=1S/C15H20N2S/c1-15(2,3)12-6-5-7-13-14(12)17(4)11(8-9-16)10-18-13/h5-7,11H,8,10H2,1-4H3. The zero-order valence-electron chi connectivity index (χ0n) is 11.5. The molecule has 96 valence electrons. The molecular weight excluding hydrogens is 240 g/mol. The lowest BCUT2D eigenvalue weighted by Crippen LogP contribution is -2.38. The second kappa shape index (κ2) is 4.85. The van der Waals surface area contributed by atoms with Crippen molar-refractivity contribution in [3.05, 3.63) is 23.8 Å². The Kier molecular flexibility index (Phi) is 3.59. The lowest BCUT2D eigenvalue weighted by molar-refractivity contribution is 0.580. The highest BCUT2D eigenvalue weighted by Crippen LogP contribution is 2.43. The van der Waals surface area contributed by atoms with Crippen molar-refractivity contribution in [1.29, 1.82) is 5.26 Å². The molecule has 18 heavy (non-hydrogen) atoms. The van der Waals surface area contributed by atoms with Gasteiger partial charge in [0.15, 0.2) is 0 Å². The highest BCUT2D eigenvalue weighted by molar-refractivity contribution is 7.99. The van der Waals surface area contributed by atoms with Crippen molar-refractivity contribution < 1.29 is 0 Å². The summed E-state index contributed by atoms with van der Waals surface area (Å²) >= 11 is 1.88.